The lowest BCUT2D eigenvalue weighted by Gasteiger charge is -2.21. The lowest BCUT2D eigenvalue weighted by molar-refractivity contribution is 0.549. The highest BCUT2D eigenvalue weighted by molar-refractivity contribution is 6.32. The number of nitrogens with zero attached hydrogens (tertiary/aromatic N) is 2. The van der Waals surface area contributed by atoms with Crippen molar-refractivity contribution in [1.82, 2.24) is 9.78 Å². The summed E-state index contributed by atoms with van der Waals surface area (Å²) in [5, 5.41) is 5.24. The van der Waals surface area contributed by atoms with E-state index in [-0.39, 0.29) is 0 Å². The van der Waals surface area contributed by atoms with Gasteiger partial charge in [-0.25, -0.2) is 4.68 Å². The highest BCUT2D eigenvalue weighted by Gasteiger charge is 2.24. The molecule has 1 aliphatic rings. The van der Waals surface area contributed by atoms with Crippen LogP contribution in [0.3, 0.4) is 0 Å². The van der Waals surface area contributed by atoms with Gasteiger partial charge in [0.1, 0.15) is 0 Å². The number of hydrogen-bond donors (Lipinski definition) is 1. The monoisotopic (exact) mass is 261 g/mol. The van der Waals surface area contributed by atoms with E-state index in [9.17, 15) is 0 Å². The number of benzene rings is 1. The van der Waals surface area contributed by atoms with Crippen LogP contribution in [0.15, 0.2) is 30.5 Å². The first-order valence-electron chi connectivity index (χ1n) is 6.33. The van der Waals surface area contributed by atoms with E-state index >= 15 is 0 Å². The fraction of sp³-hybridized carbons (Fsp3) is 0.357. The van der Waals surface area contributed by atoms with E-state index in [0.717, 1.165) is 23.6 Å². The predicted octanol–water partition coefficient (Wildman–Crippen LogP) is 2.90. The lowest BCUT2D eigenvalue weighted by Crippen LogP contribution is -2.18. The van der Waals surface area contributed by atoms with Gasteiger partial charge in [0.05, 0.1) is 16.9 Å². The Morgan fingerprint density at radius 2 is 2.22 bits per heavy atom. The first-order valence-corrected chi connectivity index (χ1v) is 6.71. The third kappa shape index (κ3) is 1.84. The zero-order chi connectivity index (χ0) is 12.5. The SMILES string of the molecule is NCC1CCCc2c1cnn2-c1ccccc1Cl. The van der Waals surface area contributed by atoms with Gasteiger partial charge in [0.25, 0.3) is 0 Å². The molecular weight excluding hydrogens is 246 g/mol. The second-order valence-corrected chi connectivity index (χ2v) is 5.14. The van der Waals surface area contributed by atoms with Gasteiger partial charge in [-0.2, -0.15) is 5.10 Å². The quantitative estimate of drug-likeness (QED) is 0.903. The molecule has 3 nitrogen and oxygen atoms in total. The number of fused-ring (bicyclic) bond motifs is 1. The molecule has 2 N–H and O–H groups in total. The van der Waals surface area contributed by atoms with Gasteiger partial charge in [-0.1, -0.05) is 23.7 Å². The van der Waals surface area contributed by atoms with E-state index in [1.54, 1.807) is 0 Å². The summed E-state index contributed by atoms with van der Waals surface area (Å²) in [7, 11) is 0. The Labute approximate surface area is 112 Å². The van der Waals surface area contributed by atoms with Crippen LogP contribution in [0.25, 0.3) is 5.69 Å². The van der Waals surface area contributed by atoms with Crippen LogP contribution in [-0.4, -0.2) is 16.3 Å². The van der Waals surface area contributed by atoms with Gasteiger partial charge < -0.3 is 5.73 Å². The summed E-state index contributed by atoms with van der Waals surface area (Å²) >= 11 is 6.24. The van der Waals surface area contributed by atoms with E-state index in [1.807, 2.05) is 35.1 Å². The second-order valence-electron chi connectivity index (χ2n) is 4.73. The predicted molar refractivity (Wildman–Crippen MR) is 73.3 cm³/mol. The number of hydrogen-bond acceptors (Lipinski definition) is 2. The largest absolute Gasteiger partial charge is 0.330 e. The molecule has 0 spiro atoms. The van der Waals surface area contributed by atoms with Gasteiger partial charge in [-0.05, 0) is 49.4 Å². The molecule has 1 aromatic carbocycles. The van der Waals surface area contributed by atoms with Crippen LogP contribution < -0.4 is 5.73 Å². The Morgan fingerprint density at radius 3 is 3.00 bits per heavy atom. The fourth-order valence-corrected chi connectivity index (χ4v) is 2.94. The summed E-state index contributed by atoms with van der Waals surface area (Å²) in [6.45, 7) is 0.696. The van der Waals surface area contributed by atoms with Crippen LogP contribution in [0.2, 0.25) is 5.02 Å². The molecule has 0 radical (unpaired) electrons. The average Bonchev–Trinajstić information content (AvgIpc) is 2.83. The van der Waals surface area contributed by atoms with Crippen LogP contribution in [0, 0.1) is 0 Å². The highest BCUT2D eigenvalue weighted by Crippen LogP contribution is 2.33. The number of nitrogens with two attached hydrogens (primary N) is 1. The van der Waals surface area contributed by atoms with Crippen LogP contribution in [0.1, 0.15) is 30.0 Å². The number of halogens is 1. The van der Waals surface area contributed by atoms with Gasteiger partial charge in [-0.15, -0.1) is 0 Å². The molecule has 3 rings (SSSR count). The van der Waals surface area contributed by atoms with Crippen molar-refractivity contribution in [3.05, 3.63) is 46.7 Å². The third-order valence-corrected chi connectivity index (χ3v) is 3.99. The molecule has 0 amide bonds. The molecule has 1 heterocycles. The first kappa shape index (κ1) is 11.8. The molecule has 2 aromatic rings. The van der Waals surface area contributed by atoms with Crippen molar-refractivity contribution >= 4 is 11.6 Å². The number of aromatic nitrogens is 2. The Bertz CT molecular complexity index is 562. The summed E-state index contributed by atoms with van der Waals surface area (Å²) < 4.78 is 1.97. The zero-order valence-corrected chi connectivity index (χ0v) is 10.9. The average molecular weight is 262 g/mol. The van der Waals surface area contributed by atoms with Gasteiger partial charge in [0.15, 0.2) is 0 Å². The lowest BCUT2D eigenvalue weighted by atomic mass is 9.87. The van der Waals surface area contributed by atoms with E-state index in [2.05, 4.69) is 5.10 Å². The van der Waals surface area contributed by atoms with Crippen molar-refractivity contribution in [2.24, 2.45) is 5.73 Å². The van der Waals surface area contributed by atoms with E-state index in [4.69, 9.17) is 17.3 Å². The summed E-state index contributed by atoms with van der Waals surface area (Å²) in [6, 6.07) is 7.82. The van der Waals surface area contributed by atoms with Gasteiger partial charge in [0.2, 0.25) is 0 Å². The number of rotatable bonds is 2. The first-order chi connectivity index (χ1) is 8.81. The maximum absolute atomic E-state index is 6.24. The fourth-order valence-electron chi connectivity index (χ4n) is 2.73. The van der Waals surface area contributed by atoms with Crippen molar-refractivity contribution in [3.63, 3.8) is 0 Å². The molecule has 1 atom stereocenters. The second kappa shape index (κ2) is 4.75. The van der Waals surface area contributed by atoms with Crippen molar-refractivity contribution in [2.45, 2.75) is 25.2 Å². The van der Waals surface area contributed by atoms with Gasteiger partial charge in [-0.3, -0.25) is 0 Å². The van der Waals surface area contributed by atoms with Crippen LogP contribution in [-0.2, 0) is 6.42 Å². The summed E-state index contributed by atoms with van der Waals surface area (Å²) in [5.41, 5.74) is 9.35. The Hall–Kier alpha value is -1.32. The molecule has 0 bridgehead atoms. The van der Waals surface area contributed by atoms with Gasteiger partial charge >= 0.3 is 0 Å². The zero-order valence-electron chi connectivity index (χ0n) is 10.1. The molecule has 1 aliphatic carbocycles. The minimum absolute atomic E-state index is 0.449. The van der Waals surface area contributed by atoms with E-state index in [0.29, 0.717) is 12.5 Å². The summed E-state index contributed by atoms with van der Waals surface area (Å²) in [4.78, 5) is 0. The molecule has 94 valence electrons. The van der Waals surface area contributed by atoms with Crippen LogP contribution in [0.5, 0.6) is 0 Å². The molecule has 0 fully saturated rings. The maximum atomic E-state index is 6.24. The third-order valence-electron chi connectivity index (χ3n) is 3.67. The molecule has 1 aromatic heterocycles. The summed E-state index contributed by atoms with van der Waals surface area (Å²) in [5.74, 6) is 0.449. The molecular formula is C14H16ClN3. The minimum atomic E-state index is 0.449. The normalized spacial score (nSPS) is 18.7. The van der Waals surface area contributed by atoms with Crippen molar-refractivity contribution in [2.75, 3.05) is 6.54 Å². The topological polar surface area (TPSA) is 43.8 Å². The Balaban J connectivity index is 2.10. The minimum Gasteiger partial charge on any atom is -0.330 e. The highest BCUT2D eigenvalue weighted by atomic mass is 35.5. The number of para-hydroxylation sites is 1. The molecule has 18 heavy (non-hydrogen) atoms. The Kier molecular flexibility index (Phi) is 3.10. The van der Waals surface area contributed by atoms with E-state index < -0.39 is 0 Å². The summed E-state index contributed by atoms with van der Waals surface area (Å²) in [6.07, 6.45) is 5.34. The van der Waals surface area contributed by atoms with Crippen molar-refractivity contribution in [3.8, 4) is 5.69 Å². The molecule has 1 unspecified atom stereocenters. The standard InChI is InChI=1S/C14H16ClN3/c15-12-5-1-2-6-14(12)18-13-7-3-4-10(8-16)11(13)9-17-18/h1-2,5-6,9-10H,3-4,7-8,16H2. The molecule has 0 aliphatic heterocycles. The molecule has 0 saturated heterocycles. The van der Waals surface area contributed by atoms with E-state index in [1.165, 1.54) is 17.7 Å². The maximum Gasteiger partial charge on any atom is 0.0835 e. The Morgan fingerprint density at radius 1 is 1.39 bits per heavy atom. The molecule has 4 heteroatoms. The van der Waals surface area contributed by atoms with Crippen LogP contribution >= 0.6 is 11.6 Å². The smallest absolute Gasteiger partial charge is 0.0835 e. The van der Waals surface area contributed by atoms with Gasteiger partial charge in [0, 0.05) is 5.69 Å². The van der Waals surface area contributed by atoms with Crippen LogP contribution in [0.4, 0.5) is 0 Å². The van der Waals surface area contributed by atoms with Crippen molar-refractivity contribution < 1.29 is 0 Å². The molecule has 0 saturated carbocycles. The van der Waals surface area contributed by atoms with Crippen molar-refractivity contribution in [1.29, 1.82) is 0 Å².